The Kier molecular flexibility index (Phi) is 7.30. The molecule has 3 aromatic rings. The molecule has 1 aliphatic rings. The van der Waals surface area contributed by atoms with Gasteiger partial charge in [-0.2, -0.15) is 0 Å². The van der Waals surface area contributed by atoms with Gasteiger partial charge in [-0.15, -0.1) is 0 Å². The molecule has 0 radical (unpaired) electrons. The number of carbonyl (C=O) groups excluding carboxylic acids is 2. The van der Waals surface area contributed by atoms with Gasteiger partial charge in [-0.3, -0.25) is 0 Å². The highest BCUT2D eigenvalue weighted by atomic mass is 19.1. The van der Waals surface area contributed by atoms with E-state index in [1.54, 1.807) is 55.5 Å². The van der Waals surface area contributed by atoms with E-state index in [-0.39, 0.29) is 24.6 Å². The Labute approximate surface area is 202 Å². The number of hydrogen-bond donors (Lipinski definition) is 2. The number of methoxy groups -OCH3 is 1. The molecule has 3 aromatic carbocycles. The normalized spacial score (nSPS) is 15.2. The molecule has 180 valence electrons. The molecule has 2 N–H and O–H groups in total. The van der Waals surface area contributed by atoms with Crippen LogP contribution in [0.3, 0.4) is 0 Å². The third-order valence-corrected chi connectivity index (χ3v) is 5.49. The molecule has 8 heteroatoms. The Morgan fingerprint density at radius 2 is 1.74 bits per heavy atom. The molecule has 1 unspecified atom stereocenters. The van der Waals surface area contributed by atoms with Crippen molar-refractivity contribution in [3.8, 4) is 11.5 Å². The van der Waals surface area contributed by atoms with Gasteiger partial charge in [0.1, 0.15) is 12.4 Å². The van der Waals surface area contributed by atoms with Crippen LogP contribution in [0.1, 0.15) is 29.7 Å². The SMILES string of the molecule is CCOC(=O)C1=C(c2ccccc2)NC(=O)NC1c1ccc(OCc2ccccc2F)c(OC)c1. The third-order valence-electron chi connectivity index (χ3n) is 5.49. The lowest BCUT2D eigenvalue weighted by Crippen LogP contribution is -2.45. The van der Waals surface area contributed by atoms with E-state index in [0.717, 1.165) is 0 Å². The third kappa shape index (κ3) is 5.27. The van der Waals surface area contributed by atoms with Crippen LogP contribution in [0.15, 0.2) is 78.4 Å². The van der Waals surface area contributed by atoms with Crippen molar-refractivity contribution in [1.82, 2.24) is 10.6 Å². The topological polar surface area (TPSA) is 85.9 Å². The van der Waals surface area contributed by atoms with E-state index in [4.69, 9.17) is 14.2 Å². The van der Waals surface area contributed by atoms with Crippen LogP contribution in [0.25, 0.3) is 5.70 Å². The summed E-state index contributed by atoms with van der Waals surface area (Å²) in [6, 6.07) is 19.2. The Bertz CT molecular complexity index is 1260. The number of ether oxygens (including phenoxy) is 3. The zero-order valence-electron chi connectivity index (χ0n) is 19.3. The molecule has 2 amide bonds. The summed E-state index contributed by atoms with van der Waals surface area (Å²) >= 11 is 0. The van der Waals surface area contributed by atoms with E-state index in [0.29, 0.717) is 33.9 Å². The first kappa shape index (κ1) is 23.8. The summed E-state index contributed by atoms with van der Waals surface area (Å²) in [5.74, 6) is -0.151. The molecule has 7 nitrogen and oxygen atoms in total. The minimum Gasteiger partial charge on any atom is -0.493 e. The molecular formula is C27H25FN2O5. The van der Waals surface area contributed by atoms with Gasteiger partial charge in [0.25, 0.3) is 0 Å². The minimum atomic E-state index is -0.799. The van der Waals surface area contributed by atoms with Gasteiger partial charge < -0.3 is 24.8 Å². The van der Waals surface area contributed by atoms with Crippen LogP contribution >= 0.6 is 0 Å². The van der Waals surface area contributed by atoms with E-state index < -0.39 is 18.0 Å². The van der Waals surface area contributed by atoms with Crippen molar-refractivity contribution in [2.45, 2.75) is 19.6 Å². The van der Waals surface area contributed by atoms with E-state index in [2.05, 4.69) is 10.6 Å². The largest absolute Gasteiger partial charge is 0.493 e. The lowest BCUT2D eigenvalue weighted by Gasteiger charge is -2.30. The first-order valence-corrected chi connectivity index (χ1v) is 11.1. The summed E-state index contributed by atoms with van der Waals surface area (Å²) < 4.78 is 30.6. The van der Waals surface area contributed by atoms with E-state index in [1.807, 2.05) is 18.2 Å². The molecule has 4 rings (SSSR count). The molecule has 0 aromatic heterocycles. The average Bonchev–Trinajstić information content (AvgIpc) is 2.88. The fraction of sp³-hybridized carbons (Fsp3) is 0.185. The van der Waals surface area contributed by atoms with Gasteiger partial charge in [0, 0.05) is 5.56 Å². The molecule has 35 heavy (non-hydrogen) atoms. The van der Waals surface area contributed by atoms with Crippen LogP contribution < -0.4 is 20.1 Å². The van der Waals surface area contributed by atoms with Crippen LogP contribution in [0.4, 0.5) is 9.18 Å². The highest BCUT2D eigenvalue weighted by Crippen LogP contribution is 2.36. The number of nitrogens with one attached hydrogen (secondary N) is 2. The molecule has 0 saturated heterocycles. The lowest BCUT2D eigenvalue weighted by molar-refractivity contribution is -0.138. The van der Waals surface area contributed by atoms with Crippen LogP contribution in [-0.4, -0.2) is 25.7 Å². The second-order valence-corrected chi connectivity index (χ2v) is 7.70. The maximum Gasteiger partial charge on any atom is 0.338 e. The van der Waals surface area contributed by atoms with Gasteiger partial charge in [-0.25, -0.2) is 14.0 Å². The molecular weight excluding hydrogens is 451 g/mol. The molecule has 1 heterocycles. The molecule has 0 spiro atoms. The highest BCUT2D eigenvalue weighted by molar-refractivity contribution is 6.04. The summed E-state index contributed by atoms with van der Waals surface area (Å²) in [5.41, 5.74) is 2.30. The fourth-order valence-corrected chi connectivity index (χ4v) is 3.83. The van der Waals surface area contributed by atoms with Gasteiger partial charge >= 0.3 is 12.0 Å². The summed E-state index contributed by atoms with van der Waals surface area (Å²) in [7, 11) is 1.48. The Balaban J connectivity index is 1.71. The second kappa shape index (κ2) is 10.7. The van der Waals surface area contributed by atoms with Crippen molar-refractivity contribution in [2.75, 3.05) is 13.7 Å². The van der Waals surface area contributed by atoms with Gasteiger partial charge in [0.05, 0.1) is 31.0 Å². The molecule has 0 fully saturated rings. The van der Waals surface area contributed by atoms with Crippen molar-refractivity contribution in [3.05, 3.63) is 101 Å². The predicted molar refractivity (Wildman–Crippen MR) is 128 cm³/mol. The van der Waals surface area contributed by atoms with Crippen molar-refractivity contribution < 1.29 is 28.2 Å². The van der Waals surface area contributed by atoms with E-state index in [1.165, 1.54) is 13.2 Å². The molecule has 0 bridgehead atoms. The summed E-state index contributed by atoms with van der Waals surface area (Å²) in [5, 5.41) is 5.55. The monoisotopic (exact) mass is 476 g/mol. The number of halogens is 1. The maximum atomic E-state index is 14.0. The molecule has 1 atom stereocenters. The predicted octanol–water partition coefficient (Wildman–Crippen LogP) is 4.74. The number of rotatable bonds is 8. The number of amides is 2. The van der Waals surface area contributed by atoms with Crippen LogP contribution in [-0.2, 0) is 16.1 Å². The van der Waals surface area contributed by atoms with Gasteiger partial charge in [0.2, 0.25) is 0 Å². The fourth-order valence-electron chi connectivity index (χ4n) is 3.83. The summed E-state index contributed by atoms with van der Waals surface area (Å²) in [6.45, 7) is 1.91. The standard InChI is InChI=1S/C27H25FN2O5/c1-3-34-26(31)23-24(17-9-5-4-6-10-17)29-27(32)30-25(23)18-13-14-21(22(15-18)33-2)35-16-19-11-7-8-12-20(19)28/h4-15,25H,3,16H2,1-2H3,(H2,29,30,32). The van der Waals surface area contributed by atoms with Crippen LogP contribution in [0.2, 0.25) is 0 Å². The number of hydrogen-bond acceptors (Lipinski definition) is 5. The van der Waals surface area contributed by atoms with Gasteiger partial charge in [0.15, 0.2) is 11.5 Å². The number of esters is 1. The van der Waals surface area contributed by atoms with Crippen LogP contribution in [0.5, 0.6) is 11.5 Å². The van der Waals surface area contributed by atoms with Crippen LogP contribution in [0, 0.1) is 5.82 Å². The van der Waals surface area contributed by atoms with Crippen molar-refractivity contribution in [3.63, 3.8) is 0 Å². The summed E-state index contributed by atoms with van der Waals surface area (Å²) in [6.07, 6.45) is 0. The van der Waals surface area contributed by atoms with Gasteiger partial charge in [-0.1, -0.05) is 54.6 Å². The Morgan fingerprint density at radius 3 is 2.46 bits per heavy atom. The minimum absolute atomic E-state index is 0.0125. The van der Waals surface area contributed by atoms with Crippen molar-refractivity contribution >= 4 is 17.7 Å². The second-order valence-electron chi connectivity index (χ2n) is 7.70. The zero-order chi connectivity index (χ0) is 24.8. The van der Waals surface area contributed by atoms with E-state index in [9.17, 15) is 14.0 Å². The Hall–Kier alpha value is -4.33. The molecule has 1 aliphatic heterocycles. The molecule has 0 aliphatic carbocycles. The number of carbonyl (C=O) groups is 2. The number of benzene rings is 3. The quantitative estimate of drug-likeness (QED) is 0.459. The number of urea groups is 1. The van der Waals surface area contributed by atoms with E-state index >= 15 is 0 Å². The highest BCUT2D eigenvalue weighted by Gasteiger charge is 2.34. The van der Waals surface area contributed by atoms with Gasteiger partial charge in [-0.05, 0) is 36.2 Å². The Morgan fingerprint density at radius 1 is 1.00 bits per heavy atom. The first-order chi connectivity index (χ1) is 17.0. The smallest absolute Gasteiger partial charge is 0.338 e. The van der Waals surface area contributed by atoms with Crippen molar-refractivity contribution in [2.24, 2.45) is 0 Å². The lowest BCUT2D eigenvalue weighted by atomic mass is 9.92. The molecule has 0 saturated carbocycles. The zero-order valence-corrected chi connectivity index (χ0v) is 19.3. The summed E-state index contributed by atoms with van der Waals surface area (Å²) in [4.78, 5) is 25.6. The maximum absolute atomic E-state index is 14.0. The van der Waals surface area contributed by atoms with Crippen molar-refractivity contribution in [1.29, 1.82) is 0 Å². The first-order valence-electron chi connectivity index (χ1n) is 11.1. The average molecular weight is 477 g/mol.